The molecule has 0 bridgehead atoms. The summed E-state index contributed by atoms with van der Waals surface area (Å²) >= 11 is 0. The number of amides is 1. The van der Waals surface area contributed by atoms with Crippen LogP contribution in [0.2, 0.25) is 0 Å². The predicted octanol–water partition coefficient (Wildman–Crippen LogP) is 0.572. The first-order valence-electron chi connectivity index (χ1n) is 6.84. The Balaban J connectivity index is 0.00000161. The second-order valence-corrected chi connectivity index (χ2v) is 5.23. The number of piperazine rings is 1. The van der Waals surface area contributed by atoms with Crippen molar-refractivity contribution in [3.63, 3.8) is 0 Å². The Bertz CT molecular complexity index is 694. The quantitative estimate of drug-likeness (QED) is 0.852. The fourth-order valence-corrected chi connectivity index (χ4v) is 2.66. The lowest BCUT2D eigenvalue weighted by Gasteiger charge is -2.32. The van der Waals surface area contributed by atoms with E-state index in [1.165, 1.54) is 4.57 Å². The zero-order valence-corrected chi connectivity index (χ0v) is 12.7. The third-order valence-corrected chi connectivity index (χ3v) is 3.70. The average Bonchev–Trinajstić information content (AvgIpc) is 2.75. The molecule has 1 aliphatic heterocycles. The van der Waals surface area contributed by atoms with Crippen molar-refractivity contribution >= 4 is 29.3 Å². The molecule has 21 heavy (non-hydrogen) atoms. The second-order valence-electron chi connectivity index (χ2n) is 5.23. The molecule has 0 saturated carbocycles. The van der Waals surface area contributed by atoms with Crippen molar-refractivity contribution in [1.82, 2.24) is 19.8 Å². The molecule has 1 atom stereocenters. The number of nitrogens with zero attached hydrogens (tertiary/aromatic N) is 2. The molecular formula is C14H19ClN4O2. The molecule has 3 rings (SSSR count). The molecule has 2 N–H and O–H groups in total. The van der Waals surface area contributed by atoms with E-state index in [0.29, 0.717) is 19.1 Å². The number of halogens is 1. The number of aromatic nitrogens is 2. The normalized spacial score (nSPS) is 18.5. The van der Waals surface area contributed by atoms with Crippen molar-refractivity contribution in [1.29, 1.82) is 0 Å². The number of carbonyl (C=O) groups excluding carboxylic acids is 1. The molecule has 1 aromatic carbocycles. The maximum atomic E-state index is 12.3. The van der Waals surface area contributed by atoms with Crippen molar-refractivity contribution in [2.24, 2.45) is 0 Å². The van der Waals surface area contributed by atoms with E-state index < -0.39 is 0 Å². The molecule has 2 aromatic rings. The van der Waals surface area contributed by atoms with Gasteiger partial charge < -0.3 is 15.2 Å². The summed E-state index contributed by atoms with van der Waals surface area (Å²) in [6, 6.07) is 7.71. The van der Waals surface area contributed by atoms with Gasteiger partial charge >= 0.3 is 5.69 Å². The Kier molecular flexibility index (Phi) is 4.69. The second kappa shape index (κ2) is 6.32. The van der Waals surface area contributed by atoms with Crippen LogP contribution in [0.25, 0.3) is 11.0 Å². The molecule has 114 valence electrons. The number of nitrogens with one attached hydrogen (secondary N) is 2. The minimum Gasteiger partial charge on any atom is -0.338 e. The van der Waals surface area contributed by atoms with Gasteiger partial charge in [0.15, 0.2) is 0 Å². The number of rotatable bonds is 2. The van der Waals surface area contributed by atoms with Gasteiger partial charge in [-0.15, -0.1) is 12.4 Å². The summed E-state index contributed by atoms with van der Waals surface area (Å²) < 4.78 is 1.50. The number of aromatic amines is 1. The van der Waals surface area contributed by atoms with Crippen LogP contribution in [0.4, 0.5) is 0 Å². The van der Waals surface area contributed by atoms with Crippen LogP contribution in [-0.2, 0) is 11.3 Å². The van der Waals surface area contributed by atoms with Crippen LogP contribution in [0.15, 0.2) is 29.1 Å². The Hall–Kier alpha value is -1.79. The molecule has 1 amide bonds. The van der Waals surface area contributed by atoms with Gasteiger partial charge in [0, 0.05) is 25.7 Å². The summed E-state index contributed by atoms with van der Waals surface area (Å²) in [6.07, 6.45) is 0. The van der Waals surface area contributed by atoms with Gasteiger partial charge in [0.05, 0.1) is 11.0 Å². The molecule has 6 nitrogen and oxygen atoms in total. The number of imidazole rings is 1. The first-order chi connectivity index (χ1) is 9.65. The maximum absolute atomic E-state index is 12.3. The van der Waals surface area contributed by atoms with Crippen LogP contribution in [0.1, 0.15) is 6.92 Å². The van der Waals surface area contributed by atoms with Gasteiger partial charge in [-0.25, -0.2) is 4.79 Å². The largest absolute Gasteiger partial charge is 0.338 e. The molecule has 1 unspecified atom stereocenters. The highest BCUT2D eigenvalue weighted by molar-refractivity contribution is 5.85. The number of benzene rings is 1. The average molecular weight is 311 g/mol. The van der Waals surface area contributed by atoms with Crippen LogP contribution in [0.5, 0.6) is 0 Å². The number of para-hydroxylation sites is 2. The van der Waals surface area contributed by atoms with Gasteiger partial charge in [-0.3, -0.25) is 9.36 Å². The van der Waals surface area contributed by atoms with Crippen molar-refractivity contribution in [3.8, 4) is 0 Å². The minimum absolute atomic E-state index is 0. The number of hydrogen-bond donors (Lipinski definition) is 2. The molecule has 1 aliphatic rings. The van der Waals surface area contributed by atoms with E-state index in [-0.39, 0.29) is 30.5 Å². The van der Waals surface area contributed by atoms with E-state index in [4.69, 9.17) is 0 Å². The van der Waals surface area contributed by atoms with Crippen LogP contribution >= 0.6 is 12.4 Å². The van der Waals surface area contributed by atoms with Crippen LogP contribution in [0.3, 0.4) is 0 Å². The Morgan fingerprint density at radius 1 is 1.38 bits per heavy atom. The van der Waals surface area contributed by atoms with E-state index in [1.807, 2.05) is 29.2 Å². The van der Waals surface area contributed by atoms with E-state index in [9.17, 15) is 9.59 Å². The number of fused-ring (bicyclic) bond motifs is 1. The van der Waals surface area contributed by atoms with Gasteiger partial charge in [-0.2, -0.15) is 0 Å². The zero-order chi connectivity index (χ0) is 14.1. The highest BCUT2D eigenvalue weighted by Gasteiger charge is 2.21. The number of hydrogen-bond acceptors (Lipinski definition) is 3. The highest BCUT2D eigenvalue weighted by atomic mass is 35.5. The predicted molar refractivity (Wildman–Crippen MR) is 83.9 cm³/mol. The number of H-pyrrole nitrogens is 1. The van der Waals surface area contributed by atoms with Gasteiger partial charge in [-0.05, 0) is 19.1 Å². The van der Waals surface area contributed by atoms with Crippen molar-refractivity contribution in [2.75, 3.05) is 19.6 Å². The van der Waals surface area contributed by atoms with Crippen molar-refractivity contribution in [2.45, 2.75) is 19.5 Å². The molecule has 1 fully saturated rings. The lowest BCUT2D eigenvalue weighted by atomic mass is 10.2. The SMILES string of the molecule is CC1CN(C(=O)Cn2c(=O)[nH]c3ccccc32)CCN1.Cl. The molecule has 1 aromatic heterocycles. The third kappa shape index (κ3) is 3.11. The van der Waals surface area contributed by atoms with Crippen LogP contribution < -0.4 is 11.0 Å². The molecular weight excluding hydrogens is 292 g/mol. The third-order valence-electron chi connectivity index (χ3n) is 3.70. The first kappa shape index (κ1) is 15.6. The molecule has 0 aliphatic carbocycles. The zero-order valence-electron chi connectivity index (χ0n) is 11.8. The Morgan fingerprint density at radius 2 is 2.14 bits per heavy atom. The lowest BCUT2D eigenvalue weighted by molar-refractivity contribution is -0.132. The number of carbonyl (C=O) groups is 1. The summed E-state index contributed by atoms with van der Waals surface area (Å²) in [6.45, 7) is 4.33. The van der Waals surface area contributed by atoms with Gasteiger partial charge in [0.25, 0.3) is 0 Å². The van der Waals surface area contributed by atoms with Gasteiger partial charge in [0.2, 0.25) is 5.91 Å². The smallest absolute Gasteiger partial charge is 0.326 e. The molecule has 1 saturated heterocycles. The Morgan fingerprint density at radius 3 is 2.90 bits per heavy atom. The van der Waals surface area contributed by atoms with E-state index in [2.05, 4.69) is 17.2 Å². The summed E-state index contributed by atoms with van der Waals surface area (Å²) in [5, 5.41) is 3.30. The lowest BCUT2D eigenvalue weighted by Crippen LogP contribution is -2.52. The van der Waals surface area contributed by atoms with Gasteiger partial charge in [-0.1, -0.05) is 12.1 Å². The topological polar surface area (TPSA) is 70.1 Å². The summed E-state index contributed by atoms with van der Waals surface area (Å²) in [4.78, 5) is 28.9. The van der Waals surface area contributed by atoms with Crippen LogP contribution in [0, 0.1) is 0 Å². The van der Waals surface area contributed by atoms with Crippen LogP contribution in [-0.4, -0.2) is 46.0 Å². The van der Waals surface area contributed by atoms with E-state index in [0.717, 1.165) is 17.6 Å². The fraction of sp³-hybridized carbons (Fsp3) is 0.429. The van der Waals surface area contributed by atoms with Crippen molar-refractivity contribution < 1.29 is 4.79 Å². The fourth-order valence-electron chi connectivity index (χ4n) is 2.66. The van der Waals surface area contributed by atoms with E-state index in [1.54, 1.807) is 0 Å². The van der Waals surface area contributed by atoms with Gasteiger partial charge in [0.1, 0.15) is 6.54 Å². The summed E-state index contributed by atoms with van der Waals surface area (Å²) in [7, 11) is 0. The minimum atomic E-state index is -0.234. The van der Waals surface area contributed by atoms with E-state index >= 15 is 0 Å². The monoisotopic (exact) mass is 310 g/mol. The first-order valence-corrected chi connectivity index (χ1v) is 6.84. The molecule has 7 heteroatoms. The molecule has 0 spiro atoms. The molecule has 0 radical (unpaired) electrons. The maximum Gasteiger partial charge on any atom is 0.326 e. The highest BCUT2D eigenvalue weighted by Crippen LogP contribution is 2.09. The standard InChI is InChI=1S/C14H18N4O2.ClH/c1-10-8-17(7-6-15-10)13(19)9-18-12-5-3-2-4-11(12)16-14(18)20;/h2-5,10,15H,6-9H2,1H3,(H,16,20);1H. The summed E-state index contributed by atoms with van der Waals surface area (Å²) in [5.41, 5.74) is 1.30. The Labute approximate surface area is 128 Å². The molecule has 2 heterocycles. The summed E-state index contributed by atoms with van der Waals surface area (Å²) in [5.74, 6) is -0.00907. The van der Waals surface area contributed by atoms with Crippen molar-refractivity contribution in [3.05, 3.63) is 34.7 Å².